The zero-order chi connectivity index (χ0) is 12.3. The average Bonchev–Trinajstić information content (AvgIpc) is 2.39. The van der Waals surface area contributed by atoms with Crippen molar-refractivity contribution >= 4 is 0 Å². The zero-order valence-electron chi connectivity index (χ0n) is 10.7. The molecule has 2 atom stereocenters. The quantitative estimate of drug-likeness (QED) is 0.776. The van der Waals surface area contributed by atoms with Crippen LogP contribution < -0.4 is 0 Å². The number of hydrogen-bond acceptors (Lipinski definition) is 2. The summed E-state index contributed by atoms with van der Waals surface area (Å²) < 4.78 is 0. The summed E-state index contributed by atoms with van der Waals surface area (Å²) in [5, 5.41) is 8.81. The predicted molar refractivity (Wildman–Crippen MR) is 69.5 cm³/mol. The van der Waals surface area contributed by atoms with Crippen LogP contribution in [-0.2, 0) is 0 Å². The van der Waals surface area contributed by atoms with E-state index in [0.29, 0.717) is 6.04 Å². The molecule has 2 nitrogen and oxygen atoms in total. The SMILES string of the molecule is CCN1CC(C)CCC1c1ccc(C#N)cc1. The third-order valence-electron chi connectivity index (χ3n) is 3.75. The summed E-state index contributed by atoms with van der Waals surface area (Å²) >= 11 is 0. The van der Waals surface area contributed by atoms with Gasteiger partial charge in [0, 0.05) is 12.6 Å². The summed E-state index contributed by atoms with van der Waals surface area (Å²) in [4.78, 5) is 2.55. The molecule has 0 bridgehead atoms. The van der Waals surface area contributed by atoms with Crippen LogP contribution in [0.4, 0.5) is 0 Å². The third-order valence-corrected chi connectivity index (χ3v) is 3.75. The van der Waals surface area contributed by atoms with Gasteiger partial charge in [-0.15, -0.1) is 0 Å². The highest BCUT2D eigenvalue weighted by Gasteiger charge is 2.25. The van der Waals surface area contributed by atoms with E-state index in [1.807, 2.05) is 12.1 Å². The van der Waals surface area contributed by atoms with E-state index < -0.39 is 0 Å². The summed E-state index contributed by atoms with van der Waals surface area (Å²) in [7, 11) is 0. The molecule has 0 N–H and O–H groups in total. The highest BCUT2D eigenvalue weighted by atomic mass is 15.2. The first kappa shape index (κ1) is 12.1. The normalized spacial score (nSPS) is 25.5. The Labute approximate surface area is 104 Å². The lowest BCUT2D eigenvalue weighted by Crippen LogP contribution is -2.37. The Bertz CT molecular complexity index is 402. The number of likely N-dealkylation sites (tertiary alicyclic amines) is 1. The second-order valence-electron chi connectivity index (χ2n) is 5.02. The van der Waals surface area contributed by atoms with Crippen LogP contribution >= 0.6 is 0 Å². The molecular formula is C15H20N2. The molecule has 2 unspecified atom stereocenters. The van der Waals surface area contributed by atoms with Crippen molar-refractivity contribution in [2.24, 2.45) is 5.92 Å². The van der Waals surface area contributed by atoms with Gasteiger partial charge in [-0.05, 0) is 43.0 Å². The molecule has 1 aliphatic heterocycles. The lowest BCUT2D eigenvalue weighted by molar-refractivity contribution is 0.121. The smallest absolute Gasteiger partial charge is 0.0991 e. The number of nitriles is 1. The van der Waals surface area contributed by atoms with Crippen LogP contribution in [0, 0.1) is 17.2 Å². The van der Waals surface area contributed by atoms with Crippen molar-refractivity contribution in [2.45, 2.75) is 32.7 Å². The minimum Gasteiger partial charge on any atom is -0.296 e. The molecule has 0 amide bonds. The van der Waals surface area contributed by atoms with Crippen LogP contribution in [0.3, 0.4) is 0 Å². The Morgan fingerprint density at radius 3 is 2.59 bits per heavy atom. The molecule has 2 rings (SSSR count). The van der Waals surface area contributed by atoms with Crippen LogP contribution in [0.1, 0.15) is 43.9 Å². The monoisotopic (exact) mass is 228 g/mol. The lowest BCUT2D eigenvalue weighted by Gasteiger charge is -2.38. The van der Waals surface area contributed by atoms with Crippen LogP contribution in [0.25, 0.3) is 0 Å². The number of rotatable bonds is 2. The largest absolute Gasteiger partial charge is 0.296 e. The molecule has 0 aromatic heterocycles. The van der Waals surface area contributed by atoms with E-state index in [9.17, 15) is 0 Å². The van der Waals surface area contributed by atoms with E-state index in [1.54, 1.807) is 0 Å². The molecule has 90 valence electrons. The van der Waals surface area contributed by atoms with E-state index in [0.717, 1.165) is 18.0 Å². The predicted octanol–water partition coefficient (Wildman–Crippen LogP) is 3.35. The minimum absolute atomic E-state index is 0.545. The average molecular weight is 228 g/mol. The maximum absolute atomic E-state index is 8.81. The first-order valence-electron chi connectivity index (χ1n) is 6.48. The van der Waals surface area contributed by atoms with Crippen molar-refractivity contribution in [2.75, 3.05) is 13.1 Å². The van der Waals surface area contributed by atoms with Gasteiger partial charge < -0.3 is 0 Å². The standard InChI is InChI=1S/C15H20N2/c1-3-17-11-12(2)4-9-15(17)14-7-5-13(10-16)6-8-14/h5-8,12,15H,3-4,9,11H2,1-2H3. The maximum Gasteiger partial charge on any atom is 0.0991 e. The molecule has 2 heteroatoms. The van der Waals surface area contributed by atoms with E-state index in [1.165, 1.54) is 24.9 Å². The van der Waals surface area contributed by atoms with Crippen LogP contribution in [0.5, 0.6) is 0 Å². The van der Waals surface area contributed by atoms with Crippen molar-refractivity contribution in [3.63, 3.8) is 0 Å². The maximum atomic E-state index is 8.81. The summed E-state index contributed by atoms with van der Waals surface area (Å²) in [5.41, 5.74) is 2.11. The molecule has 0 spiro atoms. The van der Waals surface area contributed by atoms with Gasteiger partial charge in [0.05, 0.1) is 11.6 Å². The van der Waals surface area contributed by atoms with Crippen molar-refractivity contribution in [1.29, 1.82) is 5.26 Å². The third kappa shape index (κ3) is 2.68. The van der Waals surface area contributed by atoms with Crippen LogP contribution in [-0.4, -0.2) is 18.0 Å². The lowest BCUT2D eigenvalue weighted by atomic mass is 9.90. The fraction of sp³-hybridized carbons (Fsp3) is 0.533. The van der Waals surface area contributed by atoms with Gasteiger partial charge in [0.25, 0.3) is 0 Å². The van der Waals surface area contributed by atoms with Crippen LogP contribution in [0.2, 0.25) is 0 Å². The summed E-state index contributed by atoms with van der Waals surface area (Å²) in [5.74, 6) is 0.810. The Balaban J connectivity index is 2.17. The van der Waals surface area contributed by atoms with Crippen molar-refractivity contribution in [3.8, 4) is 6.07 Å². The molecule has 1 aromatic rings. The van der Waals surface area contributed by atoms with Gasteiger partial charge in [0.1, 0.15) is 0 Å². The number of benzene rings is 1. The van der Waals surface area contributed by atoms with Gasteiger partial charge >= 0.3 is 0 Å². The van der Waals surface area contributed by atoms with Gasteiger partial charge in [-0.1, -0.05) is 26.0 Å². The Hall–Kier alpha value is -1.33. The Morgan fingerprint density at radius 1 is 1.29 bits per heavy atom. The first-order chi connectivity index (χ1) is 8.24. The second-order valence-corrected chi connectivity index (χ2v) is 5.02. The fourth-order valence-corrected chi connectivity index (χ4v) is 2.75. The van der Waals surface area contributed by atoms with Crippen molar-refractivity contribution in [1.82, 2.24) is 4.90 Å². The molecule has 1 aromatic carbocycles. The summed E-state index contributed by atoms with van der Waals surface area (Å²) in [6.45, 7) is 6.86. The highest BCUT2D eigenvalue weighted by molar-refractivity contribution is 5.33. The van der Waals surface area contributed by atoms with Crippen LogP contribution in [0.15, 0.2) is 24.3 Å². The van der Waals surface area contributed by atoms with E-state index in [-0.39, 0.29) is 0 Å². The second kappa shape index (κ2) is 5.33. The minimum atomic E-state index is 0.545. The van der Waals surface area contributed by atoms with Gasteiger partial charge in [0.15, 0.2) is 0 Å². The molecule has 0 aliphatic carbocycles. The number of hydrogen-bond donors (Lipinski definition) is 0. The molecule has 1 saturated heterocycles. The van der Waals surface area contributed by atoms with Gasteiger partial charge in [-0.3, -0.25) is 4.90 Å². The first-order valence-corrected chi connectivity index (χ1v) is 6.48. The molecule has 1 fully saturated rings. The molecule has 1 aliphatic rings. The van der Waals surface area contributed by atoms with Gasteiger partial charge in [-0.25, -0.2) is 0 Å². The van der Waals surface area contributed by atoms with Crippen molar-refractivity contribution < 1.29 is 0 Å². The van der Waals surface area contributed by atoms with E-state index >= 15 is 0 Å². The zero-order valence-corrected chi connectivity index (χ0v) is 10.7. The molecule has 0 saturated carbocycles. The van der Waals surface area contributed by atoms with E-state index in [4.69, 9.17) is 5.26 Å². The highest BCUT2D eigenvalue weighted by Crippen LogP contribution is 2.32. The van der Waals surface area contributed by atoms with Gasteiger partial charge in [-0.2, -0.15) is 5.26 Å². The number of piperidine rings is 1. The van der Waals surface area contributed by atoms with E-state index in [2.05, 4.69) is 36.9 Å². The molecule has 17 heavy (non-hydrogen) atoms. The molecule has 1 heterocycles. The Kier molecular flexibility index (Phi) is 3.81. The van der Waals surface area contributed by atoms with Crippen molar-refractivity contribution in [3.05, 3.63) is 35.4 Å². The topological polar surface area (TPSA) is 27.0 Å². The Morgan fingerprint density at radius 2 is 2.00 bits per heavy atom. The fourth-order valence-electron chi connectivity index (χ4n) is 2.75. The summed E-state index contributed by atoms with van der Waals surface area (Å²) in [6.07, 6.45) is 2.54. The summed E-state index contributed by atoms with van der Waals surface area (Å²) in [6, 6.07) is 10.8. The molecule has 0 radical (unpaired) electrons. The molecular weight excluding hydrogens is 208 g/mol. The number of nitrogens with zero attached hydrogens (tertiary/aromatic N) is 2. The van der Waals surface area contributed by atoms with Gasteiger partial charge in [0.2, 0.25) is 0 Å².